The van der Waals surface area contributed by atoms with E-state index in [0.717, 1.165) is 11.1 Å². The average Bonchev–Trinajstić information content (AvgIpc) is 3.27. The fourth-order valence-corrected chi connectivity index (χ4v) is 4.00. The monoisotopic (exact) mass is 434 g/mol. The minimum Gasteiger partial charge on any atom is -0.493 e. The number of ether oxygens (including phenoxy) is 5. The molecule has 2 aromatic rings. The van der Waals surface area contributed by atoms with Gasteiger partial charge in [-0.15, -0.1) is 0 Å². The molecule has 1 heterocycles. The number of hydrogen-bond acceptors (Lipinski definition) is 8. The molecule has 31 heavy (non-hydrogen) atoms. The highest BCUT2D eigenvalue weighted by atomic mass is 16.7. The van der Waals surface area contributed by atoms with Crippen molar-refractivity contribution < 1.29 is 39.0 Å². The molecule has 0 aliphatic carbocycles. The summed E-state index contributed by atoms with van der Waals surface area (Å²) in [6, 6.07) is 9.26. The summed E-state index contributed by atoms with van der Waals surface area (Å²) in [4.78, 5) is 0. The fraction of sp³-hybridized carbons (Fsp3) is 0.478. The van der Waals surface area contributed by atoms with Crippen LogP contribution in [0.1, 0.15) is 11.1 Å². The van der Waals surface area contributed by atoms with E-state index in [1.54, 1.807) is 0 Å². The molecule has 1 aliphatic rings. The maximum Gasteiger partial charge on any atom is 0.231 e. The molecule has 0 bridgehead atoms. The molecule has 0 radical (unpaired) electrons. The van der Waals surface area contributed by atoms with Gasteiger partial charge in [-0.25, -0.2) is 0 Å². The van der Waals surface area contributed by atoms with Crippen molar-refractivity contribution in [1.82, 2.24) is 0 Å². The molecule has 0 fully saturated rings. The van der Waals surface area contributed by atoms with Crippen LogP contribution in [0.3, 0.4) is 0 Å². The summed E-state index contributed by atoms with van der Waals surface area (Å²) in [6.07, 6.45) is -0.113. The Morgan fingerprint density at radius 2 is 1.52 bits per heavy atom. The topological polar surface area (TPSA) is 107 Å². The minimum absolute atomic E-state index is 0.152. The first-order valence-electron chi connectivity index (χ1n) is 10.1. The molecule has 3 N–H and O–H groups in total. The zero-order valence-electron chi connectivity index (χ0n) is 18.0. The van der Waals surface area contributed by atoms with Crippen molar-refractivity contribution in [2.75, 3.05) is 41.3 Å². The van der Waals surface area contributed by atoms with Crippen LogP contribution in [0.4, 0.5) is 0 Å². The number of aliphatic hydroxyl groups excluding tert-OH is 3. The largest absolute Gasteiger partial charge is 0.493 e. The molecule has 0 spiro atoms. The average molecular weight is 434 g/mol. The second-order valence-corrected chi connectivity index (χ2v) is 7.49. The number of fused-ring (bicyclic) bond motifs is 1. The molecular weight excluding hydrogens is 404 g/mol. The van der Waals surface area contributed by atoms with Crippen molar-refractivity contribution in [2.45, 2.75) is 18.9 Å². The molecule has 0 aromatic heterocycles. The van der Waals surface area contributed by atoms with Gasteiger partial charge in [0.2, 0.25) is 12.5 Å². The summed E-state index contributed by atoms with van der Waals surface area (Å²) in [7, 11) is 4.61. The number of rotatable bonds is 11. The Bertz CT molecular complexity index is 844. The summed E-state index contributed by atoms with van der Waals surface area (Å²) in [5, 5.41) is 30.4. The van der Waals surface area contributed by atoms with Gasteiger partial charge in [0.15, 0.2) is 23.0 Å². The lowest BCUT2D eigenvalue weighted by Gasteiger charge is -2.30. The van der Waals surface area contributed by atoms with Crippen LogP contribution in [0.2, 0.25) is 0 Å². The van der Waals surface area contributed by atoms with E-state index in [4.69, 9.17) is 23.7 Å². The molecule has 0 amide bonds. The lowest BCUT2D eigenvalue weighted by Crippen LogP contribution is -2.35. The second-order valence-electron chi connectivity index (χ2n) is 7.49. The van der Waals surface area contributed by atoms with Crippen molar-refractivity contribution in [3.63, 3.8) is 0 Å². The Labute approximate surface area is 181 Å². The SMILES string of the molecule is COc1cc(CC(C(O)CO)C(CO)Cc2ccc3c(c2)OCO3)cc(OC)c1OC. The molecule has 2 aromatic carbocycles. The maximum absolute atomic E-state index is 10.6. The lowest BCUT2D eigenvalue weighted by molar-refractivity contribution is 0.00893. The normalized spacial score (nSPS) is 15.3. The van der Waals surface area contributed by atoms with Crippen LogP contribution in [0.15, 0.2) is 30.3 Å². The van der Waals surface area contributed by atoms with Crippen LogP contribution in [0, 0.1) is 11.8 Å². The van der Waals surface area contributed by atoms with Crippen LogP contribution in [-0.4, -0.2) is 62.8 Å². The van der Waals surface area contributed by atoms with E-state index in [2.05, 4.69) is 0 Å². The van der Waals surface area contributed by atoms with E-state index in [9.17, 15) is 15.3 Å². The summed E-state index contributed by atoms with van der Waals surface area (Å²) < 4.78 is 27.0. The van der Waals surface area contributed by atoms with Crippen LogP contribution >= 0.6 is 0 Å². The van der Waals surface area contributed by atoms with Crippen molar-refractivity contribution in [3.8, 4) is 28.7 Å². The van der Waals surface area contributed by atoms with Gasteiger partial charge in [0.05, 0.1) is 34.0 Å². The van der Waals surface area contributed by atoms with Gasteiger partial charge in [0, 0.05) is 6.61 Å². The third kappa shape index (κ3) is 5.15. The third-order valence-electron chi connectivity index (χ3n) is 5.65. The molecule has 3 atom stereocenters. The van der Waals surface area contributed by atoms with Gasteiger partial charge in [-0.1, -0.05) is 6.07 Å². The maximum atomic E-state index is 10.6. The van der Waals surface area contributed by atoms with Crippen molar-refractivity contribution in [1.29, 1.82) is 0 Å². The van der Waals surface area contributed by atoms with Crippen LogP contribution in [0.5, 0.6) is 28.7 Å². The van der Waals surface area contributed by atoms with Gasteiger partial charge >= 0.3 is 0 Å². The summed E-state index contributed by atoms with van der Waals surface area (Å²) in [5.74, 6) is 2.12. The molecule has 170 valence electrons. The molecule has 0 saturated carbocycles. The molecule has 1 aliphatic heterocycles. The minimum atomic E-state index is -1.01. The number of benzene rings is 2. The predicted molar refractivity (Wildman–Crippen MR) is 113 cm³/mol. The first-order valence-corrected chi connectivity index (χ1v) is 10.1. The van der Waals surface area contributed by atoms with E-state index >= 15 is 0 Å². The highest BCUT2D eigenvalue weighted by Crippen LogP contribution is 2.40. The Kier molecular flexibility index (Phi) is 7.84. The summed E-state index contributed by atoms with van der Waals surface area (Å²) in [5.41, 5.74) is 1.78. The Morgan fingerprint density at radius 3 is 2.10 bits per heavy atom. The zero-order valence-corrected chi connectivity index (χ0v) is 18.0. The van der Waals surface area contributed by atoms with Gasteiger partial charge in [0.1, 0.15) is 0 Å². The number of methoxy groups -OCH3 is 3. The molecule has 8 heteroatoms. The van der Waals surface area contributed by atoms with E-state index in [1.807, 2.05) is 30.3 Å². The Morgan fingerprint density at radius 1 is 0.839 bits per heavy atom. The van der Waals surface area contributed by atoms with E-state index in [1.165, 1.54) is 21.3 Å². The van der Waals surface area contributed by atoms with Crippen molar-refractivity contribution in [3.05, 3.63) is 41.5 Å². The third-order valence-corrected chi connectivity index (χ3v) is 5.65. The van der Waals surface area contributed by atoms with Crippen LogP contribution in [-0.2, 0) is 12.8 Å². The van der Waals surface area contributed by atoms with Gasteiger partial charge in [-0.2, -0.15) is 0 Å². The highest BCUT2D eigenvalue weighted by Gasteiger charge is 2.29. The molecule has 3 unspecified atom stereocenters. The Balaban J connectivity index is 1.86. The first-order chi connectivity index (χ1) is 15.0. The smallest absolute Gasteiger partial charge is 0.231 e. The van der Waals surface area contributed by atoms with Gasteiger partial charge < -0.3 is 39.0 Å². The molecule has 8 nitrogen and oxygen atoms in total. The predicted octanol–water partition coefficient (Wildman–Crippen LogP) is 1.80. The number of hydrogen-bond donors (Lipinski definition) is 3. The lowest BCUT2D eigenvalue weighted by atomic mass is 9.79. The second kappa shape index (κ2) is 10.6. The van der Waals surface area contributed by atoms with E-state index in [-0.39, 0.29) is 19.3 Å². The fourth-order valence-electron chi connectivity index (χ4n) is 4.00. The van der Waals surface area contributed by atoms with Gasteiger partial charge in [-0.3, -0.25) is 0 Å². The Hall–Kier alpha value is -2.68. The quantitative estimate of drug-likeness (QED) is 0.492. The van der Waals surface area contributed by atoms with Gasteiger partial charge in [-0.05, 0) is 60.1 Å². The summed E-state index contributed by atoms with van der Waals surface area (Å²) >= 11 is 0. The first kappa shape index (κ1) is 23.0. The van der Waals surface area contributed by atoms with E-state index < -0.39 is 18.6 Å². The summed E-state index contributed by atoms with van der Waals surface area (Å²) in [6.45, 7) is -0.372. The van der Waals surface area contributed by atoms with Crippen LogP contribution in [0.25, 0.3) is 0 Å². The molecular formula is C23H30O8. The highest BCUT2D eigenvalue weighted by molar-refractivity contribution is 5.54. The molecule has 0 saturated heterocycles. The van der Waals surface area contributed by atoms with Crippen molar-refractivity contribution >= 4 is 0 Å². The standard InChI is InChI=1S/C23H30O8/c1-27-21-9-15(10-22(28-2)23(21)29-3)7-17(18(26)12-25)16(11-24)6-14-4-5-19-20(8-14)31-13-30-19/h4-5,8-10,16-18,24-26H,6-7,11-13H2,1-3H3. The van der Waals surface area contributed by atoms with Crippen molar-refractivity contribution in [2.24, 2.45) is 11.8 Å². The zero-order chi connectivity index (χ0) is 22.4. The molecule has 3 rings (SSSR count). The van der Waals surface area contributed by atoms with Crippen LogP contribution < -0.4 is 23.7 Å². The van der Waals surface area contributed by atoms with E-state index in [0.29, 0.717) is 41.6 Å². The van der Waals surface area contributed by atoms with Gasteiger partial charge in [0.25, 0.3) is 0 Å². The number of aliphatic hydroxyl groups is 3.